The van der Waals surface area contributed by atoms with Gasteiger partial charge in [0.1, 0.15) is 22.3 Å². The van der Waals surface area contributed by atoms with E-state index >= 15 is 0 Å². The Bertz CT molecular complexity index is 2820. The predicted molar refractivity (Wildman–Crippen MR) is 196 cm³/mol. The van der Waals surface area contributed by atoms with Crippen molar-refractivity contribution >= 4 is 82.5 Å². The predicted octanol–water partition coefficient (Wildman–Crippen LogP) is 12.9. The number of hydrogen-bond acceptors (Lipinski definition) is 3. The maximum Gasteiger partial charge on any atom is 0.143 e. The van der Waals surface area contributed by atoms with Crippen LogP contribution in [-0.2, 0) is 0 Å². The Labute approximate surface area is 270 Å². The summed E-state index contributed by atoms with van der Waals surface area (Å²) in [6.45, 7) is 0. The smallest absolute Gasteiger partial charge is 0.143 e. The first kappa shape index (κ1) is 26.0. The Hall–Kier alpha value is -6.32. The first-order valence-electron chi connectivity index (χ1n) is 15.9. The van der Waals surface area contributed by atoms with Crippen LogP contribution < -0.4 is 4.90 Å². The molecule has 0 aliphatic heterocycles. The van der Waals surface area contributed by atoms with Crippen LogP contribution in [-0.4, -0.2) is 0 Å². The zero-order chi connectivity index (χ0) is 30.9. The summed E-state index contributed by atoms with van der Waals surface area (Å²) in [5, 5.41) is 9.27. The van der Waals surface area contributed by atoms with Crippen LogP contribution in [0.1, 0.15) is 0 Å². The van der Waals surface area contributed by atoms with Crippen LogP contribution in [0.2, 0.25) is 0 Å². The van der Waals surface area contributed by atoms with E-state index in [0.717, 1.165) is 72.1 Å². The molecular formula is C44H27NO2. The molecule has 0 N–H and O–H groups in total. The Morgan fingerprint density at radius 3 is 1.79 bits per heavy atom. The first-order valence-corrected chi connectivity index (χ1v) is 15.9. The van der Waals surface area contributed by atoms with Crippen molar-refractivity contribution in [3.8, 4) is 11.1 Å². The molecule has 10 rings (SSSR count). The molecule has 0 bridgehead atoms. The molecule has 0 saturated heterocycles. The van der Waals surface area contributed by atoms with Crippen molar-refractivity contribution in [3.63, 3.8) is 0 Å². The molecule has 3 nitrogen and oxygen atoms in total. The largest absolute Gasteiger partial charge is 0.456 e. The summed E-state index contributed by atoms with van der Waals surface area (Å²) >= 11 is 0. The molecule has 2 heterocycles. The van der Waals surface area contributed by atoms with Crippen molar-refractivity contribution in [1.82, 2.24) is 0 Å². The second kappa shape index (κ2) is 10.1. The van der Waals surface area contributed by atoms with Crippen LogP contribution >= 0.6 is 0 Å². The lowest BCUT2D eigenvalue weighted by Gasteiger charge is -2.29. The number of rotatable bonds is 4. The maximum atomic E-state index is 6.57. The fourth-order valence-electron chi connectivity index (χ4n) is 7.34. The molecule has 0 fully saturated rings. The SMILES string of the molecule is c1ccc(N(c2ccc3c(c2)oc2ccccc23)c2cc3ccccc3c3ccccc23)c(-c2cccc3c2oc2ccccc23)c1. The zero-order valence-corrected chi connectivity index (χ0v) is 25.4. The molecular weight excluding hydrogens is 574 g/mol. The van der Waals surface area contributed by atoms with E-state index < -0.39 is 0 Å². The van der Waals surface area contributed by atoms with Crippen LogP contribution in [0.4, 0.5) is 17.1 Å². The van der Waals surface area contributed by atoms with E-state index in [0.29, 0.717) is 0 Å². The monoisotopic (exact) mass is 601 g/mol. The number of para-hydroxylation sites is 4. The zero-order valence-electron chi connectivity index (χ0n) is 25.4. The van der Waals surface area contributed by atoms with Gasteiger partial charge in [-0.05, 0) is 52.6 Å². The molecule has 0 saturated carbocycles. The maximum absolute atomic E-state index is 6.57. The molecule has 0 atom stereocenters. The summed E-state index contributed by atoms with van der Waals surface area (Å²) in [4.78, 5) is 2.39. The standard InChI is InChI=1S/C44H27NO2/c1-2-13-30-28(12-1)26-40(32-15-4-3-14-31(30)32)45(29-24-25-36-34-17-6-9-22-41(34)46-43(36)27-29)39-21-8-5-16-33(39)37-19-11-20-38-35-18-7-10-23-42(35)47-44(37)38/h1-27H. The van der Waals surface area contributed by atoms with Gasteiger partial charge in [0.15, 0.2) is 0 Å². The highest BCUT2D eigenvalue weighted by atomic mass is 16.3. The van der Waals surface area contributed by atoms with Crippen molar-refractivity contribution in [1.29, 1.82) is 0 Å². The lowest BCUT2D eigenvalue weighted by Crippen LogP contribution is -2.12. The highest BCUT2D eigenvalue weighted by Gasteiger charge is 2.23. The van der Waals surface area contributed by atoms with Gasteiger partial charge in [-0.2, -0.15) is 0 Å². The van der Waals surface area contributed by atoms with Gasteiger partial charge in [0, 0.05) is 49.8 Å². The third-order valence-corrected chi connectivity index (χ3v) is 9.45. The van der Waals surface area contributed by atoms with Crippen molar-refractivity contribution in [2.24, 2.45) is 0 Å². The van der Waals surface area contributed by atoms with E-state index in [9.17, 15) is 0 Å². The number of nitrogens with zero attached hydrogens (tertiary/aromatic N) is 1. The van der Waals surface area contributed by atoms with Gasteiger partial charge >= 0.3 is 0 Å². The minimum absolute atomic E-state index is 0.857. The van der Waals surface area contributed by atoms with Crippen molar-refractivity contribution < 1.29 is 8.83 Å². The van der Waals surface area contributed by atoms with Gasteiger partial charge in [-0.25, -0.2) is 0 Å². The van der Waals surface area contributed by atoms with Gasteiger partial charge in [0.05, 0.1) is 11.4 Å². The number of anilines is 3. The Morgan fingerprint density at radius 2 is 0.936 bits per heavy atom. The molecule has 0 radical (unpaired) electrons. The molecule has 0 amide bonds. The second-order valence-electron chi connectivity index (χ2n) is 12.1. The van der Waals surface area contributed by atoms with Crippen LogP contribution in [0.5, 0.6) is 0 Å². The average molecular weight is 602 g/mol. The van der Waals surface area contributed by atoms with Gasteiger partial charge in [-0.3, -0.25) is 0 Å². The minimum Gasteiger partial charge on any atom is -0.456 e. The van der Waals surface area contributed by atoms with E-state index in [2.05, 4.69) is 144 Å². The first-order chi connectivity index (χ1) is 23.3. The van der Waals surface area contributed by atoms with Crippen LogP contribution in [0.25, 0.3) is 76.5 Å². The van der Waals surface area contributed by atoms with Crippen LogP contribution in [0, 0.1) is 0 Å². The number of benzene rings is 8. The average Bonchev–Trinajstić information content (AvgIpc) is 3.70. The van der Waals surface area contributed by atoms with E-state index in [-0.39, 0.29) is 0 Å². The molecule has 2 aromatic heterocycles. The number of furan rings is 2. The molecule has 0 aliphatic carbocycles. The van der Waals surface area contributed by atoms with Crippen molar-refractivity contribution in [3.05, 3.63) is 164 Å². The molecule has 47 heavy (non-hydrogen) atoms. The van der Waals surface area contributed by atoms with E-state index in [1.54, 1.807) is 0 Å². The lowest BCUT2D eigenvalue weighted by atomic mass is 9.96. The fraction of sp³-hybridized carbons (Fsp3) is 0. The van der Waals surface area contributed by atoms with E-state index in [1.807, 2.05) is 24.3 Å². The Kier molecular flexibility index (Phi) is 5.57. The van der Waals surface area contributed by atoms with Crippen molar-refractivity contribution in [2.45, 2.75) is 0 Å². The molecule has 0 aliphatic rings. The Balaban J connectivity index is 1.30. The summed E-state index contributed by atoms with van der Waals surface area (Å²) in [6, 6.07) is 57.9. The molecule has 0 unspecified atom stereocenters. The van der Waals surface area contributed by atoms with Crippen molar-refractivity contribution in [2.75, 3.05) is 4.90 Å². The van der Waals surface area contributed by atoms with Crippen LogP contribution in [0.15, 0.2) is 173 Å². The topological polar surface area (TPSA) is 29.5 Å². The summed E-state index contributed by atoms with van der Waals surface area (Å²) < 4.78 is 13.0. The van der Waals surface area contributed by atoms with Crippen LogP contribution in [0.3, 0.4) is 0 Å². The number of hydrogen-bond donors (Lipinski definition) is 0. The molecule has 8 aromatic carbocycles. The third-order valence-electron chi connectivity index (χ3n) is 9.45. The van der Waals surface area contributed by atoms with E-state index in [4.69, 9.17) is 8.83 Å². The normalized spacial score (nSPS) is 11.8. The summed E-state index contributed by atoms with van der Waals surface area (Å²) in [7, 11) is 0. The molecule has 10 aromatic rings. The van der Waals surface area contributed by atoms with Gasteiger partial charge in [-0.1, -0.05) is 121 Å². The molecule has 3 heteroatoms. The quantitative estimate of drug-likeness (QED) is 0.188. The van der Waals surface area contributed by atoms with E-state index in [1.165, 1.54) is 21.5 Å². The van der Waals surface area contributed by atoms with Gasteiger partial charge in [0.25, 0.3) is 0 Å². The highest BCUT2D eigenvalue weighted by Crippen LogP contribution is 2.48. The van der Waals surface area contributed by atoms with Gasteiger partial charge in [0.2, 0.25) is 0 Å². The van der Waals surface area contributed by atoms with Gasteiger partial charge in [-0.15, -0.1) is 0 Å². The van der Waals surface area contributed by atoms with Gasteiger partial charge < -0.3 is 13.7 Å². The molecule has 220 valence electrons. The highest BCUT2D eigenvalue weighted by molar-refractivity contribution is 6.16. The fourth-order valence-corrected chi connectivity index (χ4v) is 7.34. The number of fused-ring (bicyclic) bond motifs is 9. The Morgan fingerprint density at radius 1 is 0.340 bits per heavy atom. The summed E-state index contributed by atoms with van der Waals surface area (Å²) in [5.74, 6) is 0. The third kappa shape index (κ3) is 3.93. The summed E-state index contributed by atoms with van der Waals surface area (Å²) in [5.41, 5.74) is 8.82. The minimum atomic E-state index is 0.857. The second-order valence-corrected chi connectivity index (χ2v) is 12.1. The molecule has 0 spiro atoms. The lowest BCUT2D eigenvalue weighted by molar-refractivity contribution is 0.669. The summed E-state index contributed by atoms with van der Waals surface area (Å²) in [6.07, 6.45) is 0.